The van der Waals surface area contributed by atoms with E-state index in [2.05, 4.69) is 5.32 Å². The Morgan fingerprint density at radius 2 is 2.00 bits per heavy atom. The van der Waals surface area contributed by atoms with Crippen molar-refractivity contribution in [3.63, 3.8) is 0 Å². The molecular weight excluding hydrogens is 324 g/mol. The molecule has 0 bridgehead atoms. The third-order valence-electron chi connectivity index (χ3n) is 4.15. The number of imide groups is 1. The number of urea groups is 1. The Labute approximate surface area is 145 Å². The van der Waals surface area contributed by atoms with Crippen LogP contribution in [-0.2, 0) is 10.3 Å². The Balaban J connectivity index is 1.61. The molecule has 3 rings (SSSR count). The first-order chi connectivity index (χ1) is 11.9. The molecule has 2 aromatic rings. The van der Waals surface area contributed by atoms with Gasteiger partial charge in [0.1, 0.15) is 24.2 Å². The Morgan fingerprint density at radius 1 is 1.28 bits per heavy atom. The molecule has 0 aliphatic carbocycles. The molecule has 132 valence electrons. The van der Waals surface area contributed by atoms with Gasteiger partial charge in [-0.25, -0.2) is 4.79 Å². The topological polar surface area (TPSA) is 92.0 Å². The highest BCUT2D eigenvalue weighted by atomic mass is 16.5. The minimum atomic E-state index is -1.27. The molecule has 0 saturated carbocycles. The lowest BCUT2D eigenvalue weighted by atomic mass is 9.99. The zero-order valence-corrected chi connectivity index (χ0v) is 14.1. The third-order valence-corrected chi connectivity index (χ3v) is 4.15. The molecule has 1 aliphatic heterocycles. The molecule has 25 heavy (non-hydrogen) atoms. The molecule has 7 heteroatoms. The Hall–Kier alpha value is -2.80. The van der Waals surface area contributed by atoms with Crippen LogP contribution in [0.25, 0.3) is 0 Å². The van der Waals surface area contributed by atoms with E-state index < -0.39 is 23.6 Å². The lowest BCUT2D eigenvalue weighted by Crippen LogP contribution is -2.42. The normalized spacial score (nSPS) is 21.3. The summed E-state index contributed by atoms with van der Waals surface area (Å²) in [6, 6.07) is 10.1. The predicted molar refractivity (Wildman–Crippen MR) is 89.0 cm³/mol. The average molecular weight is 344 g/mol. The molecule has 1 aromatic carbocycles. The molecule has 2 N–H and O–H groups in total. The van der Waals surface area contributed by atoms with Gasteiger partial charge in [0.2, 0.25) is 0 Å². The van der Waals surface area contributed by atoms with Gasteiger partial charge in [0.15, 0.2) is 5.54 Å². The third kappa shape index (κ3) is 3.36. The van der Waals surface area contributed by atoms with E-state index in [9.17, 15) is 14.7 Å². The number of furan rings is 1. The molecule has 2 unspecified atom stereocenters. The van der Waals surface area contributed by atoms with Crippen LogP contribution in [0.1, 0.15) is 18.2 Å². The molecule has 0 radical (unpaired) electrons. The van der Waals surface area contributed by atoms with Crippen LogP contribution in [-0.4, -0.2) is 41.2 Å². The maximum absolute atomic E-state index is 12.6. The van der Waals surface area contributed by atoms with E-state index in [-0.39, 0.29) is 13.2 Å². The van der Waals surface area contributed by atoms with Crippen LogP contribution in [0.15, 0.2) is 47.1 Å². The number of carbonyl (C=O) groups excluding carboxylic acids is 2. The van der Waals surface area contributed by atoms with Crippen molar-refractivity contribution in [1.82, 2.24) is 10.2 Å². The molecule has 1 aliphatic rings. The van der Waals surface area contributed by atoms with E-state index in [1.165, 1.54) is 6.26 Å². The zero-order valence-electron chi connectivity index (χ0n) is 14.1. The van der Waals surface area contributed by atoms with Gasteiger partial charge in [0.05, 0.1) is 12.8 Å². The molecule has 1 fully saturated rings. The predicted octanol–water partition coefficient (Wildman–Crippen LogP) is 1.79. The van der Waals surface area contributed by atoms with Crippen molar-refractivity contribution in [2.45, 2.75) is 25.5 Å². The number of carbonyl (C=O) groups is 2. The summed E-state index contributed by atoms with van der Waals surface area (Å²) in [6.07, 6.45) is 0.433. The standard InChI is InChI=1S/C18H20N2O5/c1-12-5-7-14(8-6-12)25-11-13(21)10-20-16(22)18(2,19-17(20)23)15-4-3-9-24-15/h3-9,13,21H,10-11H2,1-2H3,(H,19,23). The first kappa shape index (κ1) is 17.0. The lowest BCUT2D eigenvalue weighted by Gasteiger charge is -2.20. The van der Waals surface area contributed by atoms with Crippen molar-refractivity contribution in [3.8, 4) is 5.75 Å². The van der Waals surface area contributed by atoms with Crippen molar-refractivity contribution >= 4 is 11.9 Å². The van der Waals surface area contributed by atoms with E-state index in [0.717, 1.165) is 10.5 Å². The van der Waals surface area contributed by atoms with E-state index in [0.29, 0.717) is 11.5 Å². The molecule has 3 amide bonds. The minimum Gasteiger partial charge on any atom is -0.491 e. The van der Waals surface area contributed by atoms with Crippen LogP contribution < -0.4 is 10.1 Å². The van der Waals surface area contributed by atoms with Gasteiger partial charge in [0.25, 0.3) is 5.91 Å². The van der Waals surface area contributed by atoms with E-state index in [4.69, 9.17) is 9.15 Å². The fourth-order valence-corrected chi connectivity index (χ4v) is 2.68. The number of hydrogen-bond donors (Lipinski definition) is 2. The number of nitrogens with zero attached hydrogens (tertiary/aromatic N) is 1. The summed E-state index contributed by atoms with van der Waals surface area (Å²) in [5, 5.41) is 12.7. The number of ether oxygens (including phenoxy) is 1. The largest absolute Gasteiger partial charge is 0.491 e. The minimum absolute atomic E-state index is 0.0302. The maximum atomic E-state index is 12.6. The zero-order chi connectivity index (χ0) is 18.0. The lowest BCUT2D eigenvalue weighted by molar-refractivity contribution is -0.132. The fourth-order valence-electron chi connectivity index (χ4n) is 2.68. The summed E-state index contributed by atoms with van der Waals surface area (Å²) < 4.78 is 10.7. The van der Waals surface area contributed by atoms with E-state index in [1.807, 2.05) is 19.1 Å². The number of hydrogen-bond acceptors (Lipinski definition) is 5. The fraction of sp³-hybridized carbons (Fsp3) is 0.333. The number of benzene rings is 1. The summed E-state index contributed by atoms with van der Waals surface area (Å²) in [7, 11) is 0. The number of aliphatic hydroxyl groups excluding tert-OH is 1. The number of nitrogens with one attached hydrogen (secondary N) is 1. The maximum Gasteiger partial charge on any atom is 0.325 e. The summed E-state index contributed by atoms with van der Waals surface area (Å²) in [5.41, 5.74) is -0.164. The Morgan fingerprint density at radius 3 is 2.64 bits per heavy atom. The number of amides is 3. The van der Waals surface area contributed by atoms with Crippen LogP contribution in [0, 0.1) is 6.92 Å². The summed E-state index contributed by atoms with van der Waals surface area (Å²) in [4.78, 5) is 25.7. The van der Waals surface area contributed by atoms with Crippen molar-refractivity contribution < 1.29 is 23.8 Å². The summed E-state index contributed by atoms with van der Waals surface area (Å²) >= 11 is 0. The highest BCUT2D eigenvalue weighted by Crippen LogP contribution is 2.29. The Bertz CT molecular complexity index is 756. The summed E-state index contributed by atoms with van der Waals surface area (Å²) in [5.74, 6) is 0.489. The smallest absolute Gasteiger partial charge is 0.325 e. The van der Waals surface area contributed by atoms with Crippen LogP contribution in [0.4, 0.5) is 4.79 Å². The second-order valence-electron chi connectivity index (χ2n) is 6.23. The molecule has 0 spiro atoms. The number of aryl methyl sites for hydroxylation is 1. The molecular formula is C18H20N2O5. The summed E-state index contributed by atoms with van der Waals surface area (Å²) in [6.45, 7) is 3.35. The highest BCUT2D eigenvalue weighted by Gasteiger charge is 2.51. The van der Waals surface area contributed by atoms with E-state index in [1.54, 1.807) is 31.2 Å². The highest BCUT2D eigenvalue weighted by molar-refractivity contribution is 6.06. The van der Waals surface area contributed by atoms with Crippen molar-refractivity contribution in [1.29, 1.82) is 0 Å². The average Bonchev–Trinajstić information content (AvgIpc) is 3.19. The van der Waals surface area contributed by atoms with Gasteiger partial charge in [-0.1, -0.05) is 17.7 Å². The van der Waals surface area contributed by atoms with E-state index >= 15 is 0 Å². The van der Waals surface area contributed by atoms with Crippen molar-refractivity contribution in [2.24, 2.45) is 0 Å². The monoisotopic (exact) mass is 344 g/mol. The van der Waals surface area contributed by atoms with Gasteiger partial charge in [-0.3, -0.25) is 9.69 Å². The van der Waals surface area contributed by atoms with Crippen molar-refractivity contribution in [3.05, 3.63) is 54.0 Å². The van der Waals surface area contributed by atoms with Gasteiger partial charge in [-0.15, -0.1) is 0 Å². The number of aliphatic hydroxyl groups is 1. The number of β-amino-alcohol motifs (C(OH)–C–C–N with tert-alkyl or cyclic N) is 1. The van der Waals surface area contributed by atoms with Gasteiger partial charge < -0.3 is 19.6 Å². The van der Waals surface area contributed by atoms with Gasteiger partial charge >= 0.3 is 6.03 Å². The molecule has 7 nitrogen and oxygen atoms in total. The second kappa shape index (κ2) is 6.60. The molecule has 1 aromatic heterocycles. The van der Waals surface area contributed by atoms with Gasteiger partial charge in [-0.05, 0) is 38.1 Å². The van der Waals surface area contributed by atoms with Crippen molar-refractivity contribution in [2.75, 3.05) is 13.2 Å². The van der Waals surface area contributed by atoms with Crippen LogP contribution in [0.3, 0.4) is 0 Å². The van der Waals surface area contributed by atoms with Crippen LogP contribution >= 0.6 is 0 Å². The molecule has 2 heterocycles. The van der Waals surface area contributed by atoms with Gasteiger partial charge in [0, 0.05) is 0 Å². The molecule has 1 saturated heterocycles. The van der Waals surface area contributed by atoms with Crippen LogP contribution in [0.2, 0.25) is 0 Å². The SMILES string of the molecule is Cc1ccc(OCC(O)CN2C(=O)NC(C)(c3ccco3)C2=O)cc1. The Kier molecular flexibility index (Phi) is 4.50. The first-order valence-electron chi connectivity index (χ1n) is 7.96. The quantitative estimate of drug-likeness (QED) is 0.780. The second-order valence-corrected chi connectivity index (χ2v) is 6.23. The number of rotatable bonds is 6. The first-order valence-corrected chi connectivity index (χ1v) is 7.96. The van der Waals surface area contributed by atoms with Gasteiger partial charge in [-0.2, -0.15) is 0 Å². The molecule has 2 atom stereocenters. The van der Waals surface area contributed by atoms with Crippen LogP contribution in [0.5, 0.6) is 5.75 Å².